The van der Waals surface area contributed by atoms with Gasteiger partial charge in [-0.2, -0.15) is 18.3 Å². The Morgan fingerprint density at radius 2 is 1.42 bits per heavy atom. The van der Waals surface area contributed by atoms with Crippen LogP contribution in [0.5, 0.6) is 0 Å². The van der Waals surface area contributed by atoms with Gasteiger partial charge in [0.05, 0.1) is 45.9 Å². The minimum Gasteiger partial charge on any atom is -0.413 e. The molecule has 6 N–H and O–H groups in total. The van der Waals surface area contributed by atoms with Crippen molar-refractivity contribution >= 4 is 70.8 Å². The van der Waals surface area contributed by atoms with Gasteiger partial charge < -0.3 is 15.1 Å². The Morgan fingerprint density at radius 1 is 0.825 bits per heavy atom. The van der Waals surface area contributed by atoms with Crippen LogP contribution in [0.1, 0.15) is 17.0 Å². The topological polar surface area (TPSA) is 248 Å². The van der Waals surface area contributed by atoms with Crippen LogP contribution in [-0.2, 0) is 48.7 Å². The molecule has 0 fully saturated rings. The zero-order chi connectivity index (χ0) is 41.7. The second-order valence-corrected chi connectivity index (χ2v) is 15.9. The highest BCUT2D eigenvalue weighted by Crippen LogP contribution is 2.33. The summed E-state index contributed by atoms with van der Waals surface area (Å²) in [5.41, 5.74) is 0.525. The van der Waals surface area contributed by atoms with Crippen LogP contribution in [0.15, 0.2) is 110 Å². The minimum absolute atomic E-state index is 0.0207. The first-order valence-corrected chi connectivity index (χ1v) is 19.8. The monoisotopic (exact) mass is 913 g/mol. The summed E-state index contributed by atoms with van der Waals surface area (Å²) in [6, 6.07) is 16.9. The molecular formula is C33H25BrClF4N9O7S2. The van der Waals surface area contributed by atoms with Gasteiger partial charge >= 0.3 is 12.1 Å². The molecule has 0 spiro atoms. The van der Waals surface area contributed by atoms with Gasteiger partial charge in [0, 0.05) is 16.9 Å². The van der Waals surface area contributed by atoms with Crippen LogP contribution in [0.2, 0.25) is 5.02 Å². The molecule has 3 aromatic carbocycles. The van der Waals surface area contributed by atoms with Crippen molar-refractivity contribution in [3.8, 4) is 17.3 Å². The number of hydrogen-bond donors (Lipinski definition) is 4. The summed E-state index contributed by atoms with van der Waals surface area (Å²) in [6.45, 7) is 0. The first kappa shape index (κ1) is 42.6. The van der Waals surface area contributed by atoms with Gasteiger partial charge in [0.25, 0.3) is 0 Å². The summed E-state index contributed by atoms with van der Waals surface area (Å²) < 4.78 is 106. The molecule has 3 aromatic heterocycles. The van der Waals surface area contributed by atoms with Crippen LogP contribution < -0.4 is 20.9 Å². The Labute approximate surface area is 333 Å². The zero-order valence-corrected chi connectivity index (χ0v) is 32.4. The quantitative estimate of drug-likeness (QED) is 0.130. The third-order valence-electron chi connectivity index (χ3n) is 7.28. The van der Waals surface area contributed by atoms with Crippen molar-refractivity contribution in [2.24, 2.45) is 10.3 Å². The van der Waals surface area contributed by atoms with Crippen LogP contribution >= 0.6 is 27.5 Å². The first-order valence-electron chi connectivity index (χ1n) is 15.6. The Hall–Kier alpha value is -5.59. The molecule has 0 aliphatic rings. The maximum Gasteiger partial charge on any atom is 0.470 e. The minimum atomic E-state index is -4.92. The van der Waals surface area contributed by atoms with Gasteiger partial charge in [-0.3, -0.25) is 9.59 Å². The Kier molecular flexibility index (Phi) is 12.9. The number of aromatic nitrogens is 5. The molecule has 0 saturated carbocycles. The van der Waals surface area contributed by atoms with Crippen LogP contribution in [0.3, 0.4) is 0 Å². The summed E-state index contributed by atoms with van der Waals surface area (Å²) >= 11 is 9.27. The van der Waals surface area contributed by atoms with Gasteiger partial charge in [-0.1, -0.05) is 48.0 Å². The van der Waals surface area contributed by atoms with Gasteiger partial charge in [-0.15, -0.1) is 10.2 Å². The lowest BCUT2D eigenvalue weighted by atomic mass is 10.1. The summed E-state index contributed by atoms with van der Waals surface area (Å²) in [5.74, 6) is -4.00. The number of sulfonamides is 2. The van der Waals surface area contributed by atoms with E-state index in [0.717, 1.165) is 12.1 Å². The lowest BCUT2D eigenvalue weighted by Gasteiger charge is -2.11. The summed E-state index contributed by atoms with van der Waals surface area (Å²) in [6.07, 6.45) is -0.895. The number of hydrogen-bond acceptors (Lipinski definition) is 11. The fraction of sp³-hybridized carbons (Fsp3) is 0.0909. The highest BCUT2D eigenvalue weighted by molar-refractivity contribution is 9.10. The van der Waals surface area contributed by atoms with Crippen molar-refractivity contribution in [3.05, 3.63) is 124 Å². The average molecular weight is 915 g/mol. The van der Waals surface area contributed by atoms with E-state index in [1.807, 2.05) is 0 Å². The second-order valence-electron chi connectivity index (χ2n) is 11.5. The number of nitrogens with one attached hydrogen (secondary N) is 2. The van der Waals surface area contributed by atoms with E-state index < -0.39 is 54.6 Å². The maximum absolute atomic E-state index is 13.7. The molecule has 0 unspecified atom stereocenters. The van der Waals surface area contributed by atoms with Crippen molar-refractivity contribution < 1.29 is 48.4 Å². The number of pyridine rings is 1. The van der Waals surface area contributed by atoms with Crippen molar-refractivity contribution in [3.63, 3.8) is 0 Å². The Bertz CT molecular complexity index is 2700. The summed E-state index contributed by atoms with van der Waals surface area (Å²) in [4.78, 5) is 27.6. The third kappa shape index (κ3) is 11.3. The van der Waals surface area contributed by atoms with E-state index >= 15 is 0 Å². The van der Waals surface area contributed by atoms with Crippen molar-refractivity contribution in [1.82, 2.24) is 25.0 Å². The Balaban J connectivity index is 0.000000219. The van der Waals surface area contributed by atoms with Gasteiger partial charge in [-0.05, 0) is 63.5 Å². The second kappa shape index (κ2) is 17.3. The molecule has 57 heavy (non-hydrogen) atoms. The zero-order valence-electron chi connectivity index (χ0n) is 28.4. The largest absolute Gasteiger partial charge is 0.470 e. The molecule has 6 rings (SSSR count). The van der Waals surface area contributed by atoms with Crippen LogP contribution in [0.25, 0.3) is 17.3 Å². The molecule has 0 atom stereocenters. The van der Waals surface area contributed by atoms with E-state index in [1.54, 1.807) is 30.3 Å². The van der Waals surface area contributed by atoms with Crippen LogP contribution in [0, 0.1) is 5.82 Å². The molecule has 0 aliphatic heterocycles. The smallest absolute Gasteiger partial charge is 0.413 e. The van der Waals surface area contributed by atoms with E-state index in [9.17, 15) is 44.0 Å². The van der Waals surface area contributed by atoms with E-state index in [4.69, 9.17) is 21.9 Å². The number of amides is 2. The fourth-order valence-corrected chi connectivity index (χ4v) is 6.74. The molecule has 298 valence electrons. The van der Waals surface area contributed by atoms with E-state index in [-0.39, 0.29) is 52.0 Å². The molecule has 2 amide bonds. The number of carbonyl (C=O) groups is 2. The maximum atomic E-state index is 13.7. The normalized spacial score (nSPS) is 11.7. The average Bonchev–Trinajstić information content (AvgIpc) is 3.80. The number of nitrogens with two attached hydrogens (primary N) is 2. The highest BCUT2D eigenvalue weighted by Gasteiger charge is 2.38. The number of halogens is 6. The number of benzene rings is 3. The highest BCUT2D eigenvalue weighted by atomic mass is 79.9. The molecule has 16 nitrogen and oxygen atoms in total. The van der Waals surface area contributed by atoms with Crippen molar-refractivity contribution in [2.75, 3.05) is 10.6 Å². The SMILES string of the molecule is NS(=O)(=O)c1cc(NC(=O)Cc2ccccc2Cl)cnc1-n1cc(Br)cn1.NS(=O)(=O)c1cc(NC(=O)Cc2ccccc2F)ccc1-c1nnc(C(F)(F)F)o1. The number of primary sulfonamides is 2. The van der Waals surface area contributed by atoms with E-state index in [2.05, 4.69) is 51.3 Å². The molecule has 0 bridgehead atoms. The lowest BCUT2D eigenvalue weighted by molar-refractivity contribution is -0.157. The van der Waals surface area contributed by atoms with Gasteiger partial charge in [-0.25, -0.2) is 41.2 Å². The number of carbonyl (C=O) groups excluding carboxylic acids is 2. The van der Waals surface area contributed by atoms with Gasteiger partial charge in [0.15, 0.2) is 5.82 Å². The lowest BCUT2D eigenvalue weighted by Crippen LogP contribution is -2.19. The van der Waals surface area contributed by atoms with Crippen molar-refractivity contribution in [2.45, 2.75) is 28.8 Å². The van der Waals surface area contributed by atoms with E-state index in [1.165, 1.54) is 53.6 Å². The summed E-state index contributed by atoms with van der Waals surface area (Å²) in [5, 5.41) is 25.9. The van der Waals surface area contributed by atoms with Gasteiger partial charge in [0.1, 0.15) is 10.7 Å². The first-order chi connectivity index (χ1) is 26.7. The number of alkyl halides is 3. The predicted molar refractivity (Wildman–Crippen MR) is 199 cm³/mol. The third-order valence-corrected chi connectivity index (χ3v) is 9.92. The van der Waals surface area contributed by atoms with Crippen LogP contribution in [0.4, 0.5) is 28.9 Å². The Morgan fingerprint density at radius 3 is 2.00 bits per heavy atom. The predicted octanol–water partition coefficient (Wildman–Crippen LogP) is 5.23. The number of nitrogens with zero attached hydrogens (tertiary/aromatic N) is 5. The molecule has 0 radical (unpaired) electrons. The van der Waals surface area contributed by atoms with Crippen LogP contribution in [-0.4, -0.2) is 53.6 Å². The van der Waals surface area contributed by atoms with Crippen molar-refractivity contribution in [1.29, 1.82) is 0 Å². The number of anilines is 2. The molecule has 3 heterocycles. The van der Waals surface area contributed by atoms with E-state index in [0.29, 0.717) is 15.1 Å². The molecule has 24 heteroatoms. The molecule has 0 saturated heterocycles. The molecular weight excluding hydrogens is 890 g/mol. The van der Waals surface area contributed by atoms with Gasteiger partial charge in [0.2, 0.25) is 37.8 Å². The summed E-state index contributed by atoms with van der Waals surface area (Å²) in [7, 11) is -8.56. The fourth-order valence-electron chi connectivity index (χ4n) is 4.80. The molecule has 0 aliphatic carbocycles. The standard InChI is InChI=1S/C17H12F4N4O4S.C16H13BrClN5O3S/c18-12-4-2-1-3-9(12)7-14(26)23-10-5-6-11(13(8-10)30(22,27)28)15-24-25-16(29-15)17(19,20)21;17-11-7-21-23(9-11)16-14(27(19,25)26)6-12(8-20-16)22-15(24)5-10-3-1-2-4-13(10)18/h1-6,8H,7H2,(H,23,26)(H2,22,27,28);1-4,6-9H,5H2,(H,22,24)(H2,19,25,26). The number of rotatable bonds is 10. The molecule has 6 aromatic rings.